The van der Waals surface area contributed by atoms with Gasteiger partial charge in [0.2, 0.25) is 5.91 Å². The molecule has 2 N–H and O–H groups in total. The van der Waals surface area contributed by atoms with E-state index in [0.29, 0.717) is 25.4 Å². The number of amides is 1. The van der Waals surface area contributed by atoms with Gasteiger partial charge in [0.25, 0.3) is 0 Å². The number of carboxylic acid groups (broad SMARTS) is 1. The zero-order valence-electron chi connectivity index (χ0n) is 16.5. The Morgan fingerprint density at radius 2 is 1.93 bits per heavy atom. The summed E-state index contributed by atoms with van der Waals surface area (Å²) >= 11 is 0. The number of carbonyl (C=O) groups excluding carboxylic acids is 1. The highest BCUT2D eigenvalue weighted by Gasteiger charge is 2.44. The Morgan fingerprint density at radius 3 is 2.69 bits per heavy atom. The first kappa shape index (κ1) is 19.4. The van der Waals surface area contributed by atoms with Gasteiger partial charge in [-0.2, -0.15) is 0 Å². The smallest absolute Gasteiger partial charge is 0.303 e. The molecule has 1 aliphatic carbocycles. The average molecular weight is 393 g/mol. The van der Waals surface area contributed by atoms with Gasteiger partial charge in [0, 0.05) is 38.2 Å². The molecule has 1 amide bonds. The molecular formula is C23H27N3O3. The van der Waals surface area contributed by atoms with Crippen LogP contribution in [0.25, 0.3) is 0 Å². The number of anilines is 1. The van der Waals surface area contributed by atoms with E-state index in [2.05, 4.69) is 22.4 Å². The Morgan fingerprint density at radius 1 is 1.14 bits per heavy atom. The number of hydrogen-bond acceptors (Lipinski definition) is 4. The Balaban J connectivity index is 1.34. The van der Waals surface area contributed by atoms with Crippen LogP contribution in [0.3, 0.4) is 0 Å². The summed E-state index contributed by atoms with van der Waals surface area (Å²) in [5.41, 5.74) is 2.40. The number of benzene rings is 1. The van der Waals surface area contributed by atoms with Gasteiger partial charge in [-0.05, 0) is 47.9 Å². The number of aliphatic carboxylic acids is 1. The van der Waals surface area contributed by atoms with E-state index in [1.165, 1.54) is 11.1 Å². The maximum Gasteiger partial charge on any atom is 0.303 e. The fraction of sp³-hybridized carbons (Fsp3) is 0.435. The van der Waals surface area contributed by atoms with Crippen molar-refractivity contribution in [1.82, 2.24) is 9.88 Å². The highest BCUT2D eigenvalue weighted by Crippen LogP contribution is 2.51. The molecule has 1 aromatic heterocycles. The SMILES string of the molecule is O=C(O)CC1c2ccccc2C2CN(C(=O)CCCNc3ccccn3)CCC12. The third-order valence-electron chi connectivity index (χ3n) is 6.26. The van der Waals surface area contributed by atoms with Crippen LogP contribution in [0.15, 0.2) is 48.7 Å². The quantitative estimate of drug-likeness (QED) is 0.704. The largest absolute Gasteiger partial charge is 0.481 e. The standard InChI is InChI=1S/C23H27N3O3/c27-22(9-5-12-25-21-8-3-4-11-24-21)26-13-10-18-19(14-23(28)29)16-6-1-2-7-17(16)20(18)15-26/h1-4,6-8,11,18-20H,5,9-10,12-15H2,(H,24,25)(H,28,29). The van der Waals surface area contributed by atoms with E-state index in [1.54, 1.807) is 6.20 Å². The molecule has 2 heterocycles. The van der Waals surface area contributed by atoms with Gasteiger partial charge in [0.15, 0.2) is 0 Å². The Hall–Kier alpha value is -2.89. The second kappa shape index (κ2) is 8.64. The second-order valence-corrected chi connectivity index (χ2v) is 7.98. The highest BCUT2D eigenvalue weighted by molar-refractivity contribution is 5.76. The lowest BCUT2D eigenvalue weighted by Crippen LogP contribution is -2.42. The number of aromatic nitrogens is 1. The number of pyridine rings is 1. The number of likely N-dealkylation sites (tertiary alicyclic amines) is 1. The van der Waals surface area contributed by atoms with Crippen LogP contribution >= 0.6 is 0 Å². The maximum absolute atomic E-state index is 12.8. The molecule has 1 aromatic carbocycles. The molecule has 0 spiro atoms. The number of rotatable bonds is 7. The first-order valence-corrected chi connectivity index (χ1v) is 10.4. The first-order valence-electron chi connectivity index (χ1n) is 10.4. The summed E-state index contributed by atoms with van der Waals surface area (Å²) in [5, 5.41) is 12.6. The van der Waals surface area contributed by atoms with Crippen molar-refractivity contribution in [2.24, 2.45) is 5.92 Å². The molecule has 29 heavy (non-hydrogen) atoms. The summed E-state index contributed by atoms with van der Waals surface area (Å²) in [5.74, 6) is 0.898. The van der Waals surface area contributed by atoms with Crippen molar-refractivity contribution >= 4 is 17.7 Å². The third-order valence-corrected chi connectivity index (χ3v) is 6.26. The van der Waals surface area contributed by atoms with E-state index in [-0.39, 0.29) is 24.2 Å². The van der Waals surface area contributed by atoms with Crippen LogP contribution in [0.1, 0.15) is 48.6 Å². The van der Waals surface area contributed by atoms with Gasteiger partial charge in [-0.15, -0.1) is 0 Å². The van der Waals surface area contributed by atoms with Crippen LogP contribution in [-0.2, 0) is 9.59 Å². The van der Waals surface area contributed by atoms with E-state index in [4.69, 9.17) is 0 Å². The molecule has 6 heteroatoms. The average Bonchev–Trinajstić information content (AvgIpc) is 3.04. The number of carboxylic acids is 1. The van der Waals surface area contributed by atoms with Crippen molar-refractivity contribution in [2.45, 2.75) is 37.5 Å². The van der Waals surface area contributed by atoms with Gasteiger partial charge >= 0.3 is 5.97 Å². The van der Waals surface area contributed by atoms with E-state index in [0.717, 1.165) is 25.2 Å². The molecule has 3 atom stereocenters. The molecule has 2 aromatic rings. The van der Waals surface area contributed by atoms with Gasteiger partial charge in [-0.3, -0.25) is 9.59 Å². The van der Waals surface area contributed by atoms with Crippen LogP contribution < -0.4 is 5.32 Å². The predicted octanol–water partition coefficient (Wildman–Crippen LogP) is 3.48. The van der Waals surface area contributed by atoms with Crippen molar-refractivity contribution in [2.75, 3.05) is 25.0 Å². The highest BCUT2D eigenvalue weighted by atomic mass is 16.4. The van der Waals surface area contributed by atoms with Crippen LogP contribution in [-0.4, -0.2) is 46.5 Å². The minimum absolute atomic E-state index is 0.0634. The lowest BCUT2D eigenvalue weighted by Gasteiger charge is -2.37. The van der Waals surface area contributed by atoms with Crippen molar-refractivity contribution in [3.8, 4) is 0 Å². The molecule has 1 saturated heterocycles. The van der Waals surface area contributed by atoms with E-state index in [1.807, 2.05) is 35.2 Å². The molecule has 1 aliphatic heterocycles. The van der Waals surface area contributed by atoms with E-state index < -0.39 is 5.97 Å². The Labute approximate surface area is 171 Å². The fourth-order valence-corrected chi connectivity index (χ4v) is 4.96. The summed E-state index contributed by atoms with van der Waals surface area (Å²) in [6.45, 7) is 2.13. The minimum atomic E-state index is -0.746. The topological polar surface area (TPSA) is 82.5 Å². The van der Waals surface area contributed by atoms with Gasteiger partial charge < -0.3 is 15.3 Å². The van der Waals surface area contributed by atoms with Crippen molar-refractivity contribution in [1.29, 1.82) is 0 Å². The summed E-state index contributed by atoms with van der Waals surface area (Å²) in [7, 11) is 0. The second-order valence-electron chi connectivity index (χ2n) is 7.98. The number of nitrogens with one attached hydrogen (secondary N) is 1. The summed E-state index contributed by atoms with van der Waals surface area (Å²) in [4.78, 5) is 30.3. The van der Waals surface area contributed by atoms with Crippen LogP contribution in [0, 0.1) is 5.92 Å². The lowest BCUT2D eigenvalue weighted by atomic mass is 9.80. The maximum atomic E-state index is 12.8. The van der Waals surface area contributed by atoms with Crippen LogP contribution in [0.2, 0.25) is 0 Å². The molecule has 6 nitrogen and oxygen atoms in total. The Kier molecular flexibility index (Phi) is 5.79. The number of carbonyl (C=O) groups is 2. The molecular weight excluding hydrogens is 366 g/mol. The zero-order valence-corrected chi connectivity index (χ0v) is 16.5. The number of nitrogens with zero attached hydrogens (tertiary/aromatic N) is 2. The molecule has 3 unspecified atom stereocenters. The molecule has 4 rings (SSSR count). The zero-order chi connectivity index (χ0) is 20.2. The minimum Gasteiger partial charge on any atom is -0.481 e. The van der Waals surface area contributed by atoms with Crippen molar-refractivity contribution in [3.05, 3.63) is 59.8 Å². The normalized spacial score (nSPS) is 22.6. The molecule has 0 saturated carbocycles. The summed E-state index contributed by atoms with van der Waals surface area (Å²) < 4.78 is 0. The predicted molar refractivity (Wildman–Crippen MR) is 111 cm³/mol. The molecule has 2 aliphatic rings. The third kappa shape index (κ3) is 4.26. The van der Waals surface area contributed by atoms with Crippen molar-refractivity contribution in [3.63, 3.8) is 0 Å². The molecule has 0 radical (unpaired) electrons. The van der Waals surface area contributed by atoms with E-state index in [9.17, 15) is 14.7 Å². The molecule has 1 fully saturated rings. The van der Waals surface area contributed by atoms with Gasteiger partial charge in [-0.25, -0.2) is 4.98 Å². The van der Waals surface area contributed by atoms with Gasteiger partial charge in [0.1, 0.15) is 5.82 Å². The lowest BCUT2D eigenvalue weighted by molar-refractivity contribution is -0.138. The first-order chi connectivity index (χ1) is 14.1. The fourth-order valence-electron chi connectivity index (χ4n) is 4.96. The number of hydrogen-bond donors (Lipinski definition) is 2. The molecule has 0 bridgehead atoms. The molecule has 152 valence electrons. The summed E-state index contributed by atoms with van der Waals surface area (Å²) in [6, 6.07) is 13.9. The van der Waals surface area contributed by atoms with E-state index >= 15 is 0 Å². The summed E-state index contributed by atoms with van der Waals surface area (Å²) in [6.07, 6.45) is 4.06. The van der Waals surface area contributed by atoms with Crippen molar-refractivity contribution < 1.29 is 14.7 Å². The van der Waals surface area contributed by atoms with Gasteiger partial charge in [0.05, 0.1) is 6.42 Å². The number of fused-ring (bicyclic) bond motifs is 3. The number of piperidine rings is 1. The Bertz CT molecular complexity index is 871. The van der Waals surface area contributed by atoms with Crippen LogP contribution in [0.5, 0.6) is 0 Å². The van der Waals surface area contributed by atoms with Crippen LogP contribution in [0.4, 0.5) is 5.82 Å². The van der Waals surface area contributed by atoms with Gasteiger partial charge in [-0.1, -0.05) is 30.3 Å². The monoisotopic (exact) mass is 393 g/mol.